The number of rotatable bonds is 3. The lowest BCUT2D eigenvalue weighted by atomic mass is 10.3. The number of para-hydroxylation sites is 1. The monoisotopic (exact) mass is 291 g/mol. The van der Waals surface area contributed by atoms with Gasteiger partial charge in [0.25, 0.3) is 0 Å². The molecule has 0 bridgehead atoms. The summed E-state index contributed by atoms with van der Waals surface area (Å²) in [7, 11) is -2.89. The Kier molecular flexibility index (Phi) is 3.26. The molecule has 3 nitrogen and oxygen atoms in total. The lowest BCUT2D eigenvalue weighted by Gasteiger charge is -2.49. The van der Waals surface area contributed by atoms with Gasteiger partial charge in [-0.15, -0.1) is 5.10 Å². The van der Waals surface area contributed by atoms with Gasteiger partial charge in [0.2, 0.25) is 0 Å². The summed E-state index contributed by atoms with van der Waals surface area (Å²) < 4.78 is 2.24. The van der Waals surface area contributed by atoms with Crippen LogP contribution >= 0.6 is 0 Å². The third kappa shape index (κ3) is 2.08. The van der Waals surface area contributed by atoms with Crippen molar-refractivity contribution in [3.8, 4) is 0 Å². The highest BCUT2D eigenvalue weighted by molar-refractivity contribution is 6.97. The van der Waals surface area contributed by atoms with Crippen LogP contribution in [0.3, 0.4) is 0 Å². The van der Waals surface area contributed by atoms with E-state index in [1.807, 2.05) is 12.1 Å². The minimum absolute atomic E-state index is 0.149. The highest BCUT2D eigenvalue weighted by Gasteiger charge is 2.51. The van der Waals surface area contributed by atoms with Crippen LogP contribution in [-0.4, -0.2) is 31.1 Å². The summed E-state index contributed by atoms with van der Waals surface area (Å²) >= 11 is 0. The molecule has 0 fully saturated rings. The molecule has 2 aromatic rings. The van der Waals surface area contributed by atoms with Crippen molar-refractivity contribution in [2.24, 2.45) is 0 Å². The molecule has 0 spiro atoms. The van der Waals surface area contributed by atoms with Gasteiger partial charge in [-0.3, -0.25) is 0 Å². The summed E-state index contributed by atoms with van der Waals surface area (Å²) in [6.45, 7) is 17.1. The van der Waals surface area contributed by atoms with Gasteiger partial charge in [-0.1, -0.05) is 56.6 Å². The molecule has 5 heteroatoms. The van der Waals surface area contributed by atoms with Gasteiger partial charge in [0.05, 0.1) is 21.7 Å². The molecule has 104 valence electrons. The van der Waals surface area contributed by atoms with Gasteiger partial charge in [-0.2, -0.15) is 0 Å². The molecule has 0 radical (unpaired) electrons. The van der Waals surface area contributed by atoms with Crippen molar-refractivity contribution in [2.45, 2.75) is 51.0 Å². The summed E-state index contributed by atoms with van der Waals surface area (Å²) in [5, 5.41) is 8.91. The lowest BCUT2D eigenvalue weighted by Crippen LogP contribution is -2.65. The first kappa shape index (κ1) is 14.5. The molecule has 1 aromatic carbocycles. The van der Waals surface area contributed by atoms with Crippen molar-refractivity contribution in [3.63, 3.8) is 0 Å². The summed E-state index contributed by atoms with van der Waals surface area (Å²) in [4.78, 5) is 0.149. The number of aromatic nitrogens is 3. The van der Waals surface area contributed by atoms with E-state index in [1.54, 1.807) is 0 Å². The van der Waals surface area contributed by atoms with Crippen LogP contribution in [0, 0.1) is 0 Å². The molecule has 1 aromatic heterocycles. The number of fused-ring (bicyclic) bond motifs is 1. The Morgan fingerprint density at radius 1 is 0.947 bits per heavy atom. The van der Waals surface area contributed by atoms with E-state index in [9.17, 15) is 0 Å². The van der Waals surface area contributed by atoms with E-state index in [1.165, 1.54) is 5.52 Å². The molecule has 1 heterocycles. The summed E-state index contributed by atoms with van der Waals surface area (Å²) in [5.41, 5.74) is 2.18. The minimum Gasteiger partial charge on any atom is -0.245 e. The Balaban J connectivity index is 2.77. The van der Waals surface area contributed by atoms with E-state index < -0.39 is 16.1 Å². The van der Waals surface area contributed by atoms with Gasteiger partial charge in [-0.05, 0) is 19.1 Å². The second-order valence-corrected chi connectivity index (χ2v) is 19.0. The Morgan fingerprint density at radius 3 is 2.00 bits per heavy atom. The zero-order chi connectivity index (χ0) is 14.5. The number of hydrogen-bond donors (Lipinski definition) is 0. The first-order valence-electron chi connectivity index (χ1n) is 6.90. The van der Waals surface area contributed by atoms with Crippen LogP contribution in [0.5, 0.6) is 0 Å². The van der Waals surface area contributed by atoms with Crippen molar-refractivity contribution >= 4 is 27.2 Å². The zero-order valence-corrected chi connectivity index (χ0v) is 15.2. The third-order valence-electron chi connectivity index (χ3n) is 4.70. The molecule has 2 rings (SSSR count). The van der Waals surface area contributed by atoms with Gasteiger partial charge in [-0.25, -0.2) is 4.68 Å². The molecule has 0 aliphatic rings. The van der Waals surface area contributed by atoms with Crippen molar-refractivity contribution in [1.29, 1.82) is 0 Å². The topological polar surface area (TPSA) is 30.7 Å². The first-order chi connectivity index (χ1) is 8.59. The van der Waals surface area contributed by atoms with Crippen LogP contribution in [-0.2, 0) is 4.79 Å². The van der Waals surface area contributed by atoms with Crippen LogP contribution < -0.4 is 0 Å². The molecule has 19 heavy (non-hydrogen) atoms. The van der Waals surface area contributed by atoms with E-state index >= 15 is 0 Å². The first-order valence-corrected chi connectivity index (χ1v) is 13.9. The lowest BCUT2D eigenvalue weighted by molar-refractivity contribution is 0.523. The Hall–Kier alpha value is -0.946. The van der Waals surface area contributed by atoms with Crippen molar-refractivity contribution < 1.29 is 0 Å². The number of nitrogens with zero attached hydrogens (tertiary/aromatic N) is 3. The average molecular weight is 292 g/mol. The highest BCUT2D eigenvalue weighted by Crippen LogP contribution is 2.38. The maximum Gasteiger partial charge on any atom is 0.113 e. The van der Waals surface area contributed by atoms with Crippen molar-refractivity contribution in [3.05, 3.63) is 24.3 Å². The predicted octanol–water partition coefficient (Wildman–Crippen LogP) is 3.90. The molecule has 0 aliphatic heterocycles. The normalized spacial score (nSPS) is 14.1. The third-order valence-corrected chi connectivity index (χ3v) is 15.5. The molecule has 0 saturated carbocycles. The SMILES string of the molecule is CC(n1nnc2ccccc21)([Si](C)(C)C)[Si](C)(C)C. The standard InChI is InChI=1S/C14H25N3Si2/c1-14(18(2,3)4,19(5,6)7)17-13-11-9-8-10-12(13)15-16-17/h8-11H,1-7H3. The minimum atomic E-state index is -1.45. The largest absolute Gasteiger partial charge is 0.245 e. The predicted molar refractivity (Wildman–Crippen MR) is 87.9 cm³/mol. The van der Waals surface area contributed by atoms with Gasteiger partial charge in [0.1, 0.15) is 5.52 Å². The molecular formula is C14H25N3Si2. The number of benzene rings is 1. The van der Waals surface area contributed by atoms with Gasteiger partial charge in [0.15, 0.2) is 0 Å². The van der Waals surface area contributed by atoms with Crippen LogP contribution in [0.2, 0.25) is 39.3 Å². The van der Waals surface area contributed by atoms with E-state index in [4.69, 9.17) is 0 Å². The maximum absolute atomic E-state index is 4.54. The average Bonchev–Trinajstić information content (AvgIpc) is 2.68. The van der Waals surface area contributed by atoms with Gasteiger partial charge < -0.3 is 0 Å². The smallest absolute Gasteiger partial charge is 0.113 e. The van der Waals surface area contributed by atoms with Crippen LogP contribution in [0.15, 0.2) is 24.3 Å². The fourth-order valence-corrected chi connectivity index (χ4v) is 13.6. The molecule has 0 unspecified atom stereocenters. The van der Waals surface area contributed by atoms with E-state index in [-0.39, 0.29) is 4.79 Å². The van der Waals surface area contributed by atoms with Gasteiger partial charge in [0, 0.05) is 4.79 Å². The van der Waals surface area contributed by atoms with Gasteiger partial charge >= 0.3 is 0 Å². The maximum atomic E-state index is 4.54. The zero-order valence-electron chi connectivity index (χ0n) is 13.2. The van der Waals surface area contributed by atoms with Crippen LogP contribution in [0.1, 0.15) is 6.92 Å². The summed E-state index contributed by atoms with van der Waals surface area (Å²) in [6.07, 6.45) is 0. The second kappa shape index (κ2) is 4.28. The quantitative estimate of drug-likeness (QED) is 0.803. The molecule has 0 N–H and O–H groups in total. The molecular weight excluding hydrogens is 266 g/mol. The summed E-state index contributed by atoms with van der Waals surface area (Å²) in [6, 6.07) is 8.31. The van der Waals surface area contributed by atoms with Crippen LogP contribution in [0.25, 0.3) is 11.0 Å². The fourth-order valence-electron chi connectivity index (χ4n) is 2.96. The Morgan fingerprint density at radius 2 is 1.47 bits per heavy atom. The van der Waals surface area contributed by atoms with Crippen molar-refractivity contribution in [2.75, 3.05) is 0 Å². The summed E-state index contributed by atoms with van der Waals surface area (Å²) in [5.74, 6) is 0. The van der Waals surface area contributed by atoms with E-state index in [0.29, 0.717) is 0 Å². The molecule has 0 amide bonds. The Labute approximate surface area is 118 Å². The molecule has 0 aliphatic carbocycles. The van der Waals surface area contributed by atoms with E-state index in [2.05, 4.69) is 73.3 Å². The molecule has 0 saturated heterocycles. The number of hydrogen-bond acceptors (Lipinski definition) is 2. The fraction of sp³-hybridized carbons (Fsp3) is 0.571. The highest BCUT2D eigenvalue weighted by atomic mass is 28.4. The second-order valence-electron chi connectivity index (χ2n) is 7.56. The van der Waals surface area contributed by atoms with Crippen molar-refractivity contribution in [1.82, 2.24) is 15.0 Å². The Bertz CT molecular complexity index is 576. The van der Waals surface area contributed by atoms with Crippen LogP contribution in [0.4, 0.5) is 0 Å². The molecule has 0 atom stereocenters. The van der Waals surface area contributed by atoms with E-state index in [0.717, 1.165) is 5.52 Å².